The minimum Gasteiger partial charge on any atom is -0.343 e. The molecule has 0 aliphatic rings. The summed E-state index contributed by atoms with van der Waals surface area (Å²) in [6, 6.07) is 11.0. The highest BCUT2D eigenvalue weighted by atomic mass is 32.1. The van der Waals surface area contributed by atoms with Gasteiger partial charge in [0.15, 0.2) is 5.69 Å². The smallest absolute Gasteiger partial charge is 0.274 e. The maximum atomic E-state index is 13.0. The normalized spacial score (nSPS) is 12.5. The van der Waals surface area contributed by atoms with Gasteiger partial charge in [-0.3, -0.25) is 9.59 Å². The van der Waals surface area contributed by atoms with Gasteiger partial charge in [-0.15, -0.1) is 11.3 Å². The fraction of sp³-hybridized carbons (Fsp3) is 0.316. The fourth-order valence-corrected chi connectivity index (χ4v) is 3.81. The molecule has 6 heteroatoms. The van der Waals surface area contributed by atoms with Crippen molar-refractivity contribution in [3.63, 3.8) is 0 Å². The van der Waals surface area contributed by atoms with Crippen LogP contribution in [0.3, 0.4) is 0 Å². The van der Waals surface area contributed by atoms with Crippen molar-refractivity contribution in [3.05, 3.63) is 62.7 Å². The molecule has 3 rings (SSSR count). The Bertz CT molecular complexity index is 945. The third kappa shape index (κ3) is 3.35. The molecule has 1 aromatic carbocycles. The molecule has 0 fully saturated rings. The second-order valence-electron chi connectivity index (χ2n) is 6.23. The van der Waals surface area contributed by atoms with Crippen LogP contribution < -0.4 is 10.9 Å². The minimum absolute atomic E-state index is 0.0879. The molecule has 0 unspecified atom stereocenters. The van der Waals surface area contributed by atoms with Crippen molar-refractivity contribution >= 4 is 28.0 Å². The Morgan fingerprint density at radius 1 is 1.20 bits per heavy atom. The summed E-state index contributed by atoms with van der Waals surface area (Å²) in [7, 11) is 0. The lowest BCUT2D eigenvalue weighted by molar-refractivity contribution is 0.0921. The quantitative estimate of drug-likeness (QED) is 0.760. The number of thiophene rings is 1. The van der Waals surface area contributed by atoms with Crippen molar-refractivity contribution in [2.45, 2.75) is 33.4 Å². The molecular formula is C19H21N3O2S. The van der Waals surface area contributed by atoms with E-state index in [2.05, 4.69) is 24.3 Å². The van der Waals surface area contributed by atoms with Gasteiger partial charge in [-0.1, -0.05) is 38.1 Å². The van der Waals surface area contributed by atoms with E-state index >= 15 is 0 Å². The van der Waals surface area contributed by atoms with E-state index in [-0.39, 0.29) is 23.4 Å². The molecule has 0 aliphatic heterocycles. The summed E-state index contributed by atoms with van der Waals surface area (Å²) in [5.41, 5.74) is 0.118. The Morgan fingerprint density at radius 2 is 1.92 bits per heavy atom. The molecule has 1 atom stereocenters. The predicted molar refractivity (Wildman–Crippen MR) is 101 cm³/mol. The van der Waals surface area contributed by atoms with E-state index in [0.29, 0.717) is 23.0 Å². The van der Waals surface area contributed by atoms with Gasteiger partial charge in [0.1, 0.15) is 0 Å². The predicted octanol–water partition coefficient (Wildman–Crippen LogP) is 3.61. The number of aromatic nitrogens is 2. The van der Waals surface area contributed by atoms with Crippen LogP contribution in [0, 0.1) is 5.92 Å². The molecule has 0 saturated carbocycles. The molecule has 25 heavy (non-hydrogen) atoms. The zero-order chi connectivity index (χ0) is 18.0. The van der Waals surface area contributed by atoms with Crippen molar-refractivity contribution in [2.75, 3.05) is 0 Å². The lowest BCUT2D eigenvalue weighted by Gasteiger charge is -2.21. The average Bonchev–Trinajstić information content (AvgIpc) is 3.14. The highest BCUT2D eigenvalue weighted by molar-refractivity contribution is 7.10. The number of carbonyl (C=O) groups is 1. The molecule has 2 aromatic heterocycles. The van der Waals surface area contributed by atoms with E-state index in [1.54, 1.807) is 29.5 Å². The molecule has 2 heterocycles. The molecule has 0 radical (unpaired) electrons. The fourth-order valence-electron chi connectivity index (χ4n) is 2.86. The first-order chi connectivity index (χ1) is 12.0. The van der Waals surface area contributed by atoms with Gasteiger partial charge in [0, 0.05) is 16.8 Å². The van der Waals surface area contributed by atoms with Gasteiger partial charge in [-0.25, -0.2) is 4.68 Å². The topological polar surface area (TPSA) is 64.0 Å². The van der Waals surface area contributed by atoms with Gasteiger partial charge in [0.2, 0.25) is 0 Å². The SMILES string of the molecule is CCn1nc(C(=O)N[C@@H](c2cccs2)C(C)C)c2ccccc2c1=O. The Balaban J connectivity index is 2.05. The van der Waals surface area contributed by atoms with Crippen LogP contribution in [0.1, 0.15) is 42.2 Å². The van der Waals surface area contributed by atoms with Gasteiger partial charge in [-0.05, 0) is 30.4 Å². The third-order valence-corrected chi connectivity index (χ3v) is 5.14. The van der Waals surface area contributed by atoms with E-state index in [0.717, 1.165) is 4.88 Å². The average molecular weight is 355 g/mol. The number of fused-ring (bicyclic) bond motifs is 1. The van der Waals surface area contributed by atoms with E-state index in [9.17, 15) is 9.59 Å². The van der Waals surface area contributed by atoms with E-state index in [1.165, 1.54) is 4.68 Å². The van der Waals surface area contributed by atoms with Crippen LogP contribution in [0.15, 0.2) is 46.6 Å². The number of hydrogen-bond donors (Lipinski definition) is 1. The van der Waals surface area contributed by atoms with Gasteiger partial charge in [0.05, 0.1) is 11.4 Å². The monoisotopic (exact) mass is 355 g/mol. The Morgan fingerprint density at radius 3 is 2.52 bits per heavy atom. The number of amides is 1. The molecule has 0 bridgehead atoms. The summed E-state index contributed by atoms with van der Waals surface area (Å²) in [4.78, 5) is 26.5. The van der Waals surface area contributed by atoms with Crippen LogP contribution in [-0.2, 0) is 6.54 Å². The zero-order valence-corrected chi connectivity index (χ0v) is 15.3. The summed E-state index contributed by atoms with van der Waals surface area (Å²) < 4.78 is 1.34. The van der Waals surface area contributed by atoms with E-state index < -0.39 is 0 Å². The van der Waals surface area contributed by atoms with Crippen LogP contribution in [0.5, 0.6) is 0 Å². The maximum absolute atomic E-state index is 13.0. The summed E-state index contributed by atoms with van der Waals surface area (Å²) in [5, 5.41) is 10.5. The highest BCUT2D eigenvalue weighted by Crippen LogP contribution is 2.26. The van der Waals surface area contributed by atoms with Gasteiger partial charge in [0.25, 0.3) is 11.5 Å². The third-order valence-electron chi connectivity index (χ3n) is 4.19. The summed E-state index contributed by atoms with van der Waals surface area (Å²) in [6.07, 6.45) is 0. The largest absolute Gasteiger partial charge is 0.343 e. The summed E-state index contributed by atoms with van der Waals surface area (Å²) >= 11 is 1.62. The minimum atomic E-state index is -0.259. The van der Waals surface area contributed by atoms with Crippen LogP contribution in [0.4, 0.5) is 0 Å². The molecule has 5 nitrogen and oxygen atoms in total. The number of aryl methyl sites for hydroxylation is 1. The number of carbonyl (C=O) groups excluding carboxylic acids is 1. The maximum Gasteiger partial charge on any atom is 0.274 e. The number of nitrogens with zero attached hydrogens (tertiary/aromatic N) is 2. The van der Waals surface area contributed by atoms with Gasteiger partial charge >= 0.3 is 0 Å². The number of benzene rings is 1. The molecule has 0 saturated heterocycles. The molecular weight excluding hydrogens is 334 g/mol. The molecule has 1 N–H and O–H groups in total. The lowest BCUT2D eigenvalue weighted by Crippen LogP contribution is -2.34. The van der Waals surface area contributed by atoms with Crippen LogP contribution in [0.25, 0.3) is 10.8 Å². The van der Waals surface area contributed by atoms with E-state index in [4.69, 9.17) is 0 Å². The first kappa shape index (κ1) is 17.4. The van der Waals surface area contributed by atoms with Crippen molar-refractivity contribution in [2.24, 2.45) is 5.92 Å². The summed E-state index contributed by atoms with van der Waals surface area (Å²) in [5.74, 6) is -0.0172. The number of hydrogen-bond acceptors (Lipinski definition) is 4. The van der Waals surface area contributed by atoms with Crippen molar-refractivity contribution in [1.29, 1.82) is 0 Å². The summed E-state index contributed by atoms with van der Waals surface area (Å²) in [6.45, 7) is 6.41. The molecule has 130 valence electrons. The van der Waals surface area contributed by atoms with Crippen LogP contribution >= 0.6 is 11.3 Å². The zero-order valence-electron chi connectivity index (χ0n) is 14.5. The van der Waals surface area contributed by atoms with Crippen molar-refractivity contribution in [1.82, 2.24) is 15.1 Å². The Kier molecular flexibility index (Phi) is 4.99. The molecule has 0 aliphatic carbocycles. The van der Waals surface area contributed by atoms with Gasteiger partial charge in [-0.2, -0.15) is 5.10 Å². The van der Waals surface area contributed by atoms with Crippen LogP contribution in [-0.4, -0.2) is 15.7 Å². The molecule has 3 aromatic rings. The first-order valence-corrected chi connectivity index (χ1v) is 9.25. The lowest BCUT2D eigenvalue weighted by atomic mass is 10.0. The second kappa shape index (κ2) is 7.19. The van der Waals surface area contributed by atoms with Crippen molar-refractivity contribution in [3.8, 4) is 0 Å². The number of rotatable bonds is 5. The molecule has 1 amide bonds. The van der Waals surface area contributed by atoms with E-state index in [1.807, 2.05) is 30.5 Å². The van der Waals surface area contributed by atoms with Crippen molar-refractivity contribution < 1.29 is 4.79 Å². The first-order valence-electron chi connectivity index (χ1n) is 8.37. The number of nitrogens with one attached hydrogen (secondary N) is 1. The standard InChI is InChI=1S/C19H21N3O2S/c1-4-22-19(24)14-9-6-5-8-13(14)17(21-22)18(23)20-16(12(2)3)15-10-7-11-25-15/h5-12,16H,4H2,1-3H3,(H,20,23)/t16-/m1/s1. The van der Waals surface area contributed by atoms with Crippen LogP contribution in [0.2, 0.25) is 0 Å². The Hall–Kier alpha value is -2.47. The Labute approximate surface area is 150 Å². The molecule has 0 spiro atoms. The second-order valence-corrected chi connectivity index (χ2v) is 7.20. The van der Waals surface area contributed by atoms with Gasteiger partial charge < -0.3 is 5.32 Å². The highest BCUT2D eigenvalue weighted by Gasteiger charge is 2.23.